The minimum Gasteiger partial charge on any atom is -0.381 e. The molecule has 1 atom stereocenters. The second-order valence-electron chi connectivity index (χ2n) is 5.45. The van der Waals surface area contributed by atoms with Gasteiger partial charge in [0, 0.05) is 6.04 Å². The summed E-state index contributed by atoms with van der Waals surface area (Å²) in [5.41, 5.74) is 0.867. The number of benzene rings is 1. The van der Waals surface area contributed by atoms with E-state index in [1.54, 1.807) is 6.07 Å². The zero-order valence-corrected chi connectivity index (χ0v) is 14.2. The highest BCUT2D eigenvalue weighted by Crippen LogP contribution is 2.33. The van der Waals surface area contributed by atoms with E-state index < -0.39 is 0 Å². The molecule has 2 rings (SSSR count). The molecule has 1 unspecified atom stereocenters. The van der Waals surface area contributed by atoms with Gasteiger partial charge in [0.15, 0.2) is 0 Å². The molecule has 1 saturated heterocycles. The van der Waals surface area contributed by atoms with Gasteiger partial charge in [-0.1, -0.05) is 41.7 Å². The van der Waals surface area contributed by atoms with Crippen LogP contribution in [0.1, 0.15) is 26.7 Å². The van der Waals surface area contributed by atoms with E-state index in [2.05, 4.69) is 24.1 Å². The highest BCUT2D eigenvalue weighted by Gasteiger charge is 2.23. The Kier molecular flexibility index (Phi) is 5.85. The summed E-state index contributed by atoms with van der Waals surface area (Å²) in [6.07, 6.45) is 2.45. The van der Waals surface area contributed by atoms with Crippen LogP contribution >= 0.6 is 34.8 Å². The number of nitrogens with one attached hydrogen (secondary N) is 1. The topological polar surface area (TPSA) is 15.3 Å². The van der Waals surface area contributed by atoms with Crippen molar-refractivity contribution < 1.29 is 0 Å². The summed E-state index contributed by atoms with van der Waals surface area (Å²) in [5.74, 6) is 0.670. The number of nitrogens with zero attached hydrogens (tertiary/aromatic N) is 1. The van der Waals surface area contributed by atoms with Crippen molar-refractivity contribution in [1.82, 2.24) is 4.90 Å². The molecule has 1 fully saturated rings. The van der Waals surface area contributed by atoms with E-state index in [9.17, 15) is 0 Å². The zero-order chi connectivity index (χ0) is 14.7. The van der Waals surface area contributed by atoms with Gasteiger partial charge < -0.3 is 10.2 Å². The van der Waals surface area contributed by atoms with Crippen molar-refractivity contribution in [2.75, 3.05) is 25.0 Å². The van der Waals surface area contributed by atoms with Gasteiger partial charge in [-0.15, -0.1) is 0 Å². The largest absolute Gasteiger partial charge is 0.381 e. The maximum Gasteiger partial charge on any atom is 0.0653 e. The van der Waals surface area contributed by atoms with E-state index in [0.717, 1.165) is 12.2 Å². The molecule has 0 bridgehead atoms. The first-order valence-corrected chi connectivity index (χ1v) is 8.28. The first kappa shape index (κ1) is 16.2. The fraction of sp³-hybridized carbons (Fsp3) is 0.600. The molecule has 1 heterocycles. The normalized spacial score (nSPS) is 19.1. The first-order chi connectivity index (χ1) is 9.51. The van der Waals surface area contributed by atoms with Crippen molar-refractivity contribution in [2.45, 2.75) is 32.7 Å². The lowest BCUT2D eigenvalue weighted by atomic mass is 9.90. The van der Waals surface area contributed by atoms with Crippen molar-refractivity contribution in [2.24, 2.45) is 5.92 Å². The Labute approximate surface area is 136 Å². The van der Waals surface area contributed by atoms with Gasteiger partial charge in [0.25, 0.3) is 0 Å². The molecule has 1 aromatic carbocycles. The highest BCUT2D eigenvalue weighted by molar-refractivity contribution is 6.44. The second kappa shape index (κ2) is 7.22. The standard InChI is InChI=1S/C15H21Cl3N2/c1-3-20-6-4-11(5-7-20)10(2)19-15-9-13(17)12(16)8-14(15)18/h8-11,19H,3-7H2,1-2H3. The fourth-order valence-corrected chi connectivity index (χ4v) is 3.37. The quantitative estimate of drug-likeness (QED) is 0.763. The number of hydrogen-bond acceptors (Lipinski definition) is 2. The molecule has 0 amide bonds. The number of anilines is 1. The van der Waals surface area contributed by atoms with Crippen LogP contribution in [-0.4, -0.2) is 30.6 Å². The minimum absolute atomic E-state index is 0.378. The maximum absolute atomic E-state index is 6.22. The molecule has 2 nitrogen and oxygen atoms in total. The zero-order valence-electron chi connectivity index (χ0n) is 11.9. The SMILES string of the molecule is CCN1CCC(C(C)Nc2cc(Cl)c(Cl)cc2Cl)CC1. The lowest BCUT2D eigenvalue weighted by molar-refractivity contribution is 0.183. The van der Waals surface area contributed by atoms with Crippen LogP contribution in [0.3, 0.4) is 0 Å². The van der Waals surface area contributed by atoms with E-state index in [1.807, 2.05) is 6.07 Å². The summed E-state index contributed by atoms with van der Waals surface area (Å²) < 4.78 is 0. The molecule has 0 aliphatic carbocycles. The molecule has 1 aliphatic rings. The van der Waals surface area contributed by atoms with Crippen LogP contribution in [0.4, 0.5) is 5.69 Å². The fourth-order valence-electron chi connectivity index (χ4n) is 2.77. The second-order valence-corrected chi connectivity index (χ2v) is 6.67. The molecule has 20 heavy (non-hydrogen) atoms. The molecule has 5 heteroatoms. The van der Waals surface area contributed by atoms with Crippen molar-refractivity contribution >= 4 is 40.5 Å². The predicted octanol–water partition coefficient (Wildman–Crippen LogP) is 5.18. The van der Waals surface area contributed by atoms with Crippen LogP contribution in [0.15, 0.2) is 12.1 Å². The predicted molar refractivity (Wildman–Crippen MR) is 89.4 cm³/mol. The number of rotatable bonds is 4. The number of hydrogen-bond donors (Lipinski definition) is 1. The third kappa shape index (κ3) is 3.94. The van der Waals surface area contributed by atoms with Gasteiger partial charge in [0.2, 0.25) is 0 Å². The maximum atomic E-state index is 6.22. The molecule has 1 N–H and O–H groups in total. The van der Waals surface area contributed by atoms with E-state index >= 15 is 0 Å². The highest BCUT2D eigenvalue weighted by atomic mass is 35.5. The number of piperidine rings is 1. The summed E-state index contributed by atoms with van der Waals surface area (Å²) >= 11 is 18.2. The van der Waals surface area contributed by atoms with E-state index in [1.165, 1.54) is 25.9 Å². The summed E-state index contributed by atoms with van der Waals surface area (Å²) in [4.78, 5) is 2.50. The Morgan fingerprint density at radius 3 is 2.35 bits per heavy atom. The first-order valence-electron chi connectivity index (χ1n) is 7.14. The van der Waals surface area contributed by atoms with Crippen molar-refractivity contribution in [3.63, 3.8) is 0 Å². The van der Waals surface area contributed by atoms with Gasteiger partial charge >= 0.3 is 0 Å². The Hall–Kier alpha value is -0.150. The molecule has 1 aromatic rings. The van der Waals surface area contributed by atoms with Gasteiger partial charge in [0.1, 0.15) is 0 Å². The molecule has 1 aliphatic heterocycles. The monoisotopic (exact) mass is 334 g/mol. The summed E-state index contributed by atoms with van der Waals surface area (Å²) in [6, 6.07) is 3.88. The third-order valence-electron chi connectivity index (χ3n) is 4.18. The lowest BCUT2D eigenvalue weighted by Gasteiger charge is -2.35. The Bertz CT molecular complexity index is 457. The molecule has 112 valence electrons. The molecule has 0 aromatic heterocycles. The van der Waals surface area contributed by atoms with Gasteiger partial charge in [-0.2, -0.15) is 0 Å². The summed E-state index contributed by atoms with van der Waals surface area (Å²) in [5, 5.41) is 5.14. The van der Waals surface area contributed by atoms with Crippen LogP contribution in [0.2, 0.25) is 15.1 Å². The Morgan fingerprint density at radius 1 is 1.15 bits per heavy atom. The smallest absolute Gasteiger partial charge is 0.0653 e. The van der Waals surface area contributed by atoms with E-state index in [-0.39, 0.29) is 0 Å². The van der Waals surface area contributed by atoms with E-state index in [4.69, 9.17) is 34.8 Å². The van der Waals surface area contributed by atoms with Gasteiger partial charge in [0.05, 0.1) is 20.8 Å². The van der Waals surface area contributed by atoms with Crippen LogP contribution in [0.5, 0.6) is 0 Å². The molecule has 0 radical (unpaired) electrons. The van der Waals surface area contributed by atoms with Gasteiger partial charge in [-0.05, 0) is 57.5 Å². The van der Waals surface area contributed by atoms with Crippen molar-refractivity contribution in [1.29, 1.82) is 0 Å². The Morgan fingerprint density at radius 2 is 1.75 bits per heavy atom. The van der Waals surface area contributed by atoms with Crippen LogP contribution < -0.4 is 5.32 Å². The molecule has 0 spiro atoms. The van der Waals surface area contributed by atoms with Crippen molar-refractivity contribution in [3.05, 3.63) is 27.2 Å². The summed E-state index contributed by atoms with van der Waals surface area (Å²) in [7, 11) is 0. The Balaban J connectivity index is 1.98. The average Bonchev–Trinajstić information content (AvgIpc) is 2.44. The number of likely N-dealkylation sites (tertiary alicyclic amines) is 1. The third-order valence-corrected chi connectivity index (χ3v) is 5.21. The molecular formula is C15H21Cl3N2. The number of halogens is 3. The minimum atomic E-state index is 0.378. The average molecular weight is 336 g/mol. The van der Waals surface area contributed by atoms with Crippen molar-refractivity contribution in [3.8, 4) is 0 Å². The molecular weight excluding hydrogens is 315 g/mol. The van der Waals surface area contributed by atoms with Gasteiger partial charge in [-0.25, -0.2) is 0 Å². The molecule has 0 saturated carbocycles. The van der Waals surface area contributed by atoms with E-state index in [0.29, 0.717) is 27.0 Å². The van der Waals surface area contributed by atoms with Crippen LogP contribution in [0, 0.1) is 5.92 Å². The van der Waals surface area contributed by atoms with Crippen LogP contribution in [0.25, 0.3) is 0 Å². The summed E-state index contributed by atoms with van der Waals surface area (Å²) in [6.45, 7) is 7.94. The van der Waals surface area contributed by atoms with Gasteiger partial charge in [-0.3, -0.25) is 0 Å². The lowest BCUT2D eigenvalue weighted by Crippen LogP contribution is -2.39. The van der Waals surface area contributed by atoms with Crippen LogP contribution in [-0.2, 0) is 0 Å².